The maximum absolute atomic E-state index is 9.28. The molecule has 1 aliphatic rings. The van der Waals surface area contributed by atoms with Gasteiger partial charge in [-0.05, 0) is 30.5 Å². The molecule has 0 aromatic heterocycles. The lowest BCUT2D eigenvalue weighted by molar-refractivity contribution is 0.475. The topological polar surface area (TPSA) is 46.2 Å². The van der Waals surface area contributed by atoms with Gasteiger partial charge in [0.2, 0.25) is 0 Å². The van der Waals surface area contributed by atoms with Gasteiger partial charge in [-0.3, -0.25) is 0 Å². The molecule has 2 nitrogen and oxygen atoms in total. The predicted octanol–water partition coefficient (Wildman–Crippen LogP) is 2.89. The third kappa shape index (κ3) is 3.59. The molecule has 3 atom stereocenters. The van der Waals surface area contributed by atoms with Crippen molar-refractivity contribution in [1.29, 1.82) is 0 Å². The van der Waals surface area contributed by atoms with E-state index >= 15 is 0 Å². The van der Waals surface area contributed by atoms with Crippen molar-refractivity contribution in [3.8, 4) is 5.75 Å². The van der Waals surface area contributed by atoms with Crippen LogP contribution in [0.5, 0.6) is 5.75 Å². The standard InChI is InChI=1S/C14H21NOS2/c1-2-13-14(18-8-7-17-13)12(15)9-10-3-5-11(16)6-4-10/h3-6,12-14,16H,2,7-9,15H2,1H3. The molecule has 0 bridgehead atoms. The molecule has 1 aromatic carbocycles. The van der Waals surface area contributed by atoms with Crippen LogP contribution in [0.15, 0.2) is 24.3 Å². The summed E-state index contributed by atoms with van der Waals surface area (Å²) in [6.07, 6.45) is 2.10. The SMILES string of the molecule is CCC1SCCSC1C(N)Cc1ccc(O)cc1. The van der Waals surface area contributed by atoms with E-state index in [-0.39, 0.29) is 6.04 Å². The smallest absolute Gasteiger partial charge is 0.115 e. The molecule has 0 spiro atoms. The first-order valence-electron chi connectivity index (χ1n) is 6.47. The summed E-state index contributed by atoms with van der Waals surface area (Å²) < 4.78 is 0. The van der Waals surface area contributed by atoms with Crippen molar-refractivity contribution in [2.24, 2.45) is 5.73 Å². The fourth-order valence-electron chi connectivity index (χ4n) is 2.36. The zero-order valence-electron chi connectivity index (χ0n) is 10.7. The molecule has 4 heteroatoms. The summed E-state index contributed by atoms with van der Waals surface area (Å²) in [6.45, 7) is 2.25. The van der Waals surface area contributed by atoms with Crippen LogP contribution in [0.1, 0.15) is 18.9 Å². The molecule has 100 valence electrons. The van der Waals surface area contributed by atoms with Crippen molar-refractivity contribution in [3.63, 3.8) is 0 Å². The number of phenols is 1. The lowest BCUT2D eigenvalue weighted by atomic mass is 10.0. The highest BCUT2D eigenvalue weighted by atomic mass is 32.2. The Morgan fingerprint density at radius 3 is 2.61 bits per heavy atom. The fourth-order valence-corrected chi connectivity index (χ4v) is 5.55. The molecule has 0 aliphatic carbocycles. The van der Waals surface area contributed by atoms with Crippen molar-refractivity contribution < 1.29 is 5.11 Å². The average molecular weight is 283 g/mol. The van der Waals surface area contributed by atoms with Crippen molar-refractivity contribution in [2.45, 2.75) is 36.3 Å². The number of thioether (sulfide) groups is 2. The van der Waals surface area contributed by atoms with Crippen LogP contribution >= 0.6 is 23.5 Å². The van der Waals surface area contributed by atoms with E-state index < -0.39 is 0 Å². The summed E-state index contributed by atoms with van der Waals surface area (Å²) in [5, 5.41) is 10.5. The van der Waals surface area contributed by atoms with E-state index in [4.69, 9.17) is 5.73 Å². The Balaban J connectivity index is 1.97. The first kappa shape index (κ1) is 14.1. The molecule has 2 rings (SSSR count). The van der Waals surface area contributed by atoms with E-state index in [0.717, 1.165) is 6.42 Å². The van der Waals surface area contributed by atoms with Gasteiger partial charge in [0.1, 0.15) is 5.75 Å². The lowest BCUT2D eigenvalue weighted by Gasteiger charge is -2.34. The highest BCUT2D eigenvalue weighted by Gasteiger charge is 2.29. The third-order valence-electron chi connectivity index (χ3n) is 3.32. The van der Waals surface area contributed by atoms with Crippen LogP contribution in [-0.2, 0) is 6.42 Å². The van der Waals surface area contributed by atoms with E-state index in [9.17, 15) is 5.11 Å². The number of hydrogen-bond donors (Lipinski definition) is 2. The Hall–Kier alpha value is -0.320. The van der Waals surface area contributed by atoms with E-state index in [1.54, 1.807) is 12.1 Å². The molecule has 1 heterocycles. The van der Waals surface area contributed by atoms with Crippen LogP contribution < -0.4 is 5.73 Å². The molecule has 0 saturated carbocycles. The third-order valence-corrected chi connectivity index (χ3v) is 6.75. The van der Waals surface area contributed by atoms with Gasteiger partial charge < -0.3 is 10.8 Å². The molecule has 1 fully saturated rings. The summed E-state index contributed by atoms with van der Waals surface area (Å²) >= 11 is 4.10. The van der Waals surface area contributed by atoms with Crippen LogP contribution in [-0.4, -0.2) is 33.2 Å². The van der Waals surface area contributed by atoms with Crippen LogP contribution in [0, 0.1) is 0 Å². The maximum Gasteiger partial charge on any atom is 0.115 e. The minimum atomic E-state index is 0.206. The van der Waals surface area contributed by atoms with E-state index in [1.807, 2.05) is 23.9 Å². The Morgan fingerprint density at radius 1 is 1.28 bits per heavy atom. The number of hydrogen-bond acceptors (Lipinski definition) is 4. The van der Waals surface area contributed by atoms with E-state index in [2.05, 4.69) is 18.7 Å². The number of nitrogens with two attached hydrogens (primary N) is 1. The zero-order chi connectivity index (χ0) is 13.0. The largest absolute Gasteiger partial charge is 0.508 e. The summed E-state index contributed by atoms with van der Waals surface area (Å²) in [5.41, 5.74) is 7.60. The van der Waals surface area contributed by atoms with E-state index in [1.165, 1.54) is 23.5 Å². The molecule has 0 radical (unpaired) electrons. The van der Waals surface area contributed by atoms with E-state index in [0.29, 0.717) is 16.2 Å². The van der Waals surface area contributed by atoms with Crippen molar-refractivity contribution in [1.82, 2.24) is 0 Å². The summed E-state index contributed by atoms with van der Waals surface area (Å²) in [6, 6.07) is 7.62. The predicted molar refractivity (Wildman–Crippen MR) is 82.6 cm³/mol. The van der Waals surface area contributed by atoms with Crippen LogP contribution in [0.25, 0.3) is 0 Å². The molecule has 1 aromatic rings. The first-order valence-corrected chi connectivity index (χ1v) is 8.57. The second-order valence-electron chi connectivity index (χ2n) is 4.69. The molecular formula is C14H21NOS2. The summed E-state index contributed by atoms with van der Waals surface area (Å²) in [5.74, 6) is 2.79. The second kappa shape index (κ2) is 6.73. The summed E-state index contributed by atoms with van der Waals surface area (Å²) in [7, 11) is 0. The van der Waals surface area contributed by atoms with Gasteiger partial charge in [-0.25, -0.2) is 0 Å². The van der Waals surface area contributed by atoms with Crippen molar-refractivity contribution in [2.75, 3.05) is 11.5 Å². The molecule has 1 saturated heterocycles. The maximum atomic E-state index is 9.28. The molecule has 1 aliphatic heterocycles. The van der Waals surface area contributed by atoms with Crippen LogP contribution in [0.3, 0.4) is 0 Å². The molecule has 18 heavy (non-hydrogen) atoms. The number of rotatable bonds is 4. The number of benzene rings is 1. The van der Waals surface area contributed by atoms with Gasteiger partial charge in [0.05, 0.1) is 0 Å². The quantitative estimate of drug-likeness (QED) is 0.892. The fraction of sp³-hybridized carbons (Fsp3) is 0.571. The lowest BCUT2D eigenvalue weighted by Crippen LogP contribution is -2.43. The monoisotopic (exact) mass is 283 g/mol. The van der Waals surface area contributed by atoms with Gasteiger partial charge in [-0.2, -0.15) is 23.5 Å². The molecular weight excluding hydrogens is 262 g/mol. The molecule has 3 unspecified atom stereocenters. The van der Waals surface area contributed by atoms with Gasteiger partial charge in [-0.1, -0.05) is 19.1 Å². The van der Waals surface area contributed by atoms with Gasteiger partial charge in [-0.15, -0.1) is 0 Å². The van der Waals surface area contributed by atoms with Gasteiger partial charge >= 0.3 is 0 Å². The highest BCUT2D eigenvalue weighted by molar-refractivity contribution is 8.07. The number of aromatic hydroxyl groups is 1. The highest BCUT2D eigenvalue weighted by Crippen LogP contribution is 2.35. The van der Waals surface area contributed by atoms with Crippen molar-refractivity contribution in [3.05, 3.63) is 29.8 Å². The van der Waals surface area contributed by atoms with Gasteiger partial charge in [0, 0.05) is 28.0 Å². The Kier molecular flexibility index (Phi) is 5.27. The average Bonchev–Trinajstić information content (AvgIpc) is 2.41. The zero-order valence-corrected chi connectivity index (χ0v) is 12.3. The van der Waals surface area contributed by atoms with Gasteiger partial charge in [0.15, 0.2) is 0 Å². The Labute approximate surface area is 118 Å². The molecule has 3 N–H and O–H groups in total. The minimum Gasteiger partial charge on any atom is -0.508 e. The van der Waals surface area contributed by atoms with Crippen molar-refractivity contribution >= 4 is 23.5 Å². The Morgan fingerprint density at radius 2 is 1.94 bits per heavy atom. The van der Waals surface area contributed by atoms with Crippen LogP contribution in [0.4, 0.5) is 0 Å². The second-order valence-corrected chi connectivity index (χ2v) is 7.32. The van der Waals surface area contributed by atoms with Gasteiger partial charge in [0.25, 0.3) is 0 Å². The number of phenolic OH excluding ortho intramolecular Hbond substituents is 1. The molecule has 0 amide bonds. The summed E-state index contributed by atoms with van der Waals surface area (Å²) in [4.78, 5) is 0. The normalized spacial score (nSPS) is 25.9. The van der Waals surface area contributed by atoms with Crippen LogP contribution in [0.2, 0.25) is 0 Å². The minimum absolute atomic E-state index is 0.206. The Bertz CT molecular complexity index is 369. The first-order chi connectivity index (χ1) is 8.70.